The number of piperidine rings is 1. The van der Waals surface area contributed by atoms with Crippen molar-refractivity contribution in [1.29, 1.82) is 0 Å². The van der Waals surface area contributed by atoms with Crippen LogP contribution in [0, 0.1) is 0 Å². The molecule has 27 heavy (non-hydrogen) atoms. The first-order valence-electron chi connectivity index (χ1n) is 9.32. The van der Waals surface area contributed by atoms with Crippen LogP contribution in [-0.4, -0.2) is 45.8 Å². The van der Waals surface area contributed by atoms with Gasteiger partial charge in [0.2, 0.25) is 5.88 Å². The van der Waals surface area contributed by atoms with Crippen molar-refractivity contribution >= 4 is 23.3 Å². The van der Waals surface area contributed by atoms with Crippen molar-refractivity contribution in [2.24, 2.45) is 7.05 Å². The molecule has 1 aliphatic heterocycles. The fraction of sp³-hybridized carbons (Fsp3) is 0.526. The third kappa shape index (κ3) is 4.18. The number of hydrogen-bond acceptors (Lipinski definition) is 5. The minimum atomic E-state index is -0.00199. The van der Waals surface area contributed by atoms with Crippen molar-refractivity contribution in [2.75, 3.05) is 25.5 Å². The van der Waals surface area contributed by atoms with E-state index in [1.807, 2.05) is 11.9 Å². The van der Waals surface area contributed by atoms with Gasteiger partial charge >= 0.3 is 0 Å². The van der Waals surface area contributed by atoms with Crippen LogP contribution < -0.4 is 10.1 Å². The number of amides is 1. The Labute approximate surface area is 164 Å². The summed E-state index contributed by atoms with van der Waals surface area (Å²) in [5.41, 5.74) is 2.48. The number of nitrogens with zero attached hydrogens (tertiary/aromatic N) is 4. The normalized spacial score (nSPS) is 14.3. The lowest BCUT2D eigenvalue weighted by atomic mass is 10.1. The van der Waals surface area contributed by atoms with E-state index in [9.17, 15) is 4.79 Å². The molecule has 8 heteroatoms. The number of aromatic nitrogens is 3. The highest BCUT2D eigenvalue weighted by Gasteiger charge is 2.20. The molecular formula is C19H26ClN5O2. The molecule has 0 saturated carbocycles. The number of hydrogen-bond donors (Lipinski definition) is 1. The number of methoxy groups -OCH3 is 1. The topological polar surface area (TPSA) is 72.3 Å². The molecule has 1 fully saturated rings. The molecule has 3 heterocycles. The van der Waals surface area contributed by atoms with Crippen LogP contribution in [0.1, 0.15) is 47.8 Å². The van der Waals surface area contributed by atoms with Crippen molar-refractivity contribution < 1.29 is 9.53 Å². The molecule has 0 atom stereocenters. The standard InChI is InChI=1S/C19H26ClN5O2/c1-4-16-14(19(27-3)24(2)23-16)12-22-17-15(20)10-13(11-21-17)18(26)25-8-6-5-7-9-25/h10-11H,4-9,12H2,1-3H3,(H,21,22). The molecule has 1 saturated heterocycles. The summed E-state index contributed by atoms with van der Waals surface area (Å²) in [6.07, 6.45) is 5.69. The summed E-state index contributed by atoms with van der Waals surface area (Å²) in [4.78, 5) is 18.8. The van der Waals surface area contributed by atoms with Crippen molar-refractivity contribution in [3.8, 4) is 5.88 Å². The number of likely N-dealkylation sites (tertiary alicyclic amines) is 1. The van der Waals surface area contributed by atoms with Gasteiger partial charge in [-0.05, 0) is 31.7 Å². The molecule has 7 nitrogen and oxygen atoms in total. The summed E-state index contributed by atoms with van der Waals surface area (Å²) in [7, 11) is 3.49. The molecule has 0 radical (unpaired) electrons. The Kier molecular flexibility index (Phi) is 6.21. The number of carbonyl (C=O) groups is 1. The summed E-state index contributed by atoms with van der Waals surface area (Å²) in [5.74, 6) is 1.25. The lowest BCUT2D eigenvalue weighted by molar-refractivity contribution is 0.0724. The maximum atomic E-state index is 12.6. The average molecular weight is 392 g/mol. The van der Waals surface area contributed by atoms with Gasteiger partial charge in [0.1, 0.15) is 5.82 Å². The molecule has 2 aromatic rings. The van der Waals surface area contributed by atoms with Crippen LogP contribution in [0.2, 0.25) is 5.02 Å². The van der Waals surface area contributed by atoms with Gasteiger partial charge in [-0.1, -0.05) is 18.5 Å². The van der Waals surface area contributed by atoms with Crippen molar-refractivity contribution in [2.45, 2.75) is 39.2 Å². The van der Waals surface area contributed by atoms with E-state index in [0.29, 0.717) is 28.8 Å². The Balaban J connectivity index is 1.72. The van der Waals surface area contributed by atoms with Crippen molar-refractivity contribution in [1.82, 2.24) is 19.7 Å². The third-order valence-corrected chi connectivity index (χ3v) is 5.15. The molecule has 1 amide bonds. The summed E-state index contributed by atoms with van der Waals surface area (Å²) in [6, 6.07) is 1.69. The molecule has 1 N–H and O–H groups in total. The van der Waals surface area contributed by atoms with E-state index in [1.54, 1.807) is 24.1 Å². The fourth-order valence-electron chi connectivity index (χ4n) is 3.46. The summed E-state index contributed by atoms with van der Waals surface area (Å²) >= 11 is 6.38. The Morgan fingerprint density at radius 1 is 1.33 bits per heavy atom. The van der Waals surface area contributed by atoms with Gasteiger partial charge in [0.15, 0.2) is 0 Å². The number of pyridine rings is 1. The van der Waals surface area contributed by atoms with Crippen LogP contribution >= 0.6 is 11.6 Å². The SMILES string of the molecule is CCc1nn(C)c(OC)c1CNc1ncc(C(=O)N2CCCCC2)cc1Cl. The van der Waals surface area contributed by atoms with Crippen LogP contribution in [0.3, 0.4) is 0 Å². The van der Waals surface area contributed by atoms with E-state index in [1.165, 1.54) is 6.42 Å². The highest BCUT2D eigenvalue weighted by atomic mass is 35.5. The monoisotopic (exact) mass is 391 g/mol. The van der Waals surface area contributed by atoms with E-state index in [4.69, 9.17) is 16.3 Å². The van der Waals surface area contributed by atoms with Gasteiger partial charge in [-0.3, -0.25) is 4.79 Å². The Morgan fingerprint density at radius 2 is 2.07 bits per heavy atom. The van der Waals surface area contributed by atoms with Crippen LogP contribution in [0.15, 0.2) is 12.3 Å². The highest BCUT2D eigenvalue weighted by Crippen LogP contribution is 2.26. The zero-order valence-corrected chi connectivity index (χ0v) is 16.8. The first-order chi connectivity index (χ1) is 13.0. The van der Waals surface area contributed by atoms with Gasteiger partial charge in [-0.2, -0.15) is 5.10 Å². The second-order valence-electron chi connectivity index (χ2n) is 6.67. The van der Waals surface area contributed by atoms with Gasteiger partial charge < -0.3 is 15.0 Å². The molecule has 3 rings (SSSR count). The minimum absolute atomic E-state index is 0.00199. The van der Waals surface area contributed by atoms with Crippen LogP contribution in [0.25, 0.3) is 0 Å². The lowest BCUT2D eigenvalue weighted by Gasteiger charge is -2.26. The third-order valence-electron chi connectivity index (χ3n) is 4.86. The number of halogens is 1. The van der Waals surface area contributed by atoms with Gasteiger partial charge in [0.05, 0.1) is 29.0 Å². The zero-order valence-electron chi connectivity index (χ0n) is 16.1. The second kappa shape index (κ2) is 8.61. The Bertz CT molecular complexity index is 815. The molecule has 0 bridgehead atoms. The molecule has 0 aliphatic carbocycles. The number of ether oxygens (including phenoxy) is 1. The number of anilines is 1. The van der Waals surface area contributed by atoms with Crippen molar-refractivity contribution in [3.05, 3.63) is 34.1 Å². The van der Waals surface area contributed by atoms with Gasteiger partial charge in [0, 0.05) is 32.9 Å². The maximum absolute atomic E-state index is 12.6. The predicted octanol–water partition coefficient (Wildman–Crippen LogP) is 3.28. The summed E-state index contributed by atoms with van der Waals surface area (Å²) < 4.78 is 7.18. The largest absolute Gasteiger partial charge is 0.481 e. The van der Waals surface area contributed by atoms with Gasteiger partial charge in [0.25, 0.3) is 5.91 Å². The molecule has 146 valence electrons. The minimum Gasteiger partial charge on any atom is -0.481 e. The maximum Gasteiger partial charge on any atom is 0.255 e. The first-order valence-corrected chi connectivity index (χ1v) is 9.70. The number of aryl methyl sites for hydroxylation is 2. The quantitative estimate of drug-likeness (QED) is 0.818. The second-order valence-corrected chi connectivity index (χ2v) is 7.08. The first kappa shape index (κ1) is 19.5. The summed E-state index contributed by atoms with van der Waals surface area (Å²) in [5, 5.41) is 8.14. The molecular weight excluding hydrogens is 366 g/mol. The molecule has 0 unspecified atom stereocenters. The van der Waals surface area contributed by atoms with Crippen LogP contribution in [0.5, 0.6) is 5.88 Å². The fourth-order valence-corrected chi connectivity index (χ4v) is 3.69. The smallest absolute Gasteiger partial charge is 0.255 e. The molecule has 2 aromatic heterocycles. The average Bonchev–Trinajstić information content (AvgIpc) is 3.01. The highest BCUT2D eigenvalue weighted by molar-refractivity contribution is 6.33. The molecule has 1 aliphatic rings. The van der Waals surface area contributed by atoms with Crippen molar-refractivity contribution in [3.63, 3.8) is 0 Å². The summed E-state index contributed by atoms with van der Waals surface area (Å²) in [6.45, 7) is 4.15. The Morgan fingerprint density at radius 3 is 2.70 bits per heavy atom. The number of carbonyl (C=O) groups excluding carboxylic acids is 1. The van der Waals surface area contributed by atoms with Gasteiger partial charge in [-0.15, -0.1) is 0 Å². The number of nitrogens with one attached hydrogen (secondary N) is 1. The van der Waals surface area contributed by atoms with E-state index in [-0.39, 0.29) is 5.91 Å². The van der Waals surface area contributed by atoms with E-state index in [0.717, 1.165) is 43.6 Å². The molecule has 0 aromatic carbocycles. The zero-order chi connectivity index (χ0) is 19.4. The predicted molar refractivity (Wildman–Crippen MR) is 105 cm³/mol. The van der Waals surface area contributed by atoms with E-state index in [2.05, 4.69) is 22.3 Å². The van der Waals surface area contributed by atoms with Crippen LogP contribution in [0.4, 0.5) is 5.82 Å². The number of rotatable bonds is 6. The van der Waals surface area contributed by atoms with E-state index < -0.39 is 0 Å². The van der Waals surface area contributed by atoms with E-state index >= 15 is 0 Å². The van der Waals surface area contributed by atoms with Gasteiger partial charge in [-0.25, -0.2) is 9.67 Å². The van der Waals surface area contributed by atoms with Crippen LogP contribution in [-0.2, 0) is 20.0 Å². The Hall–Kier alpha value is -2.28. The molecule has 0 spiro atoms. The lowest BCUT2D eigenvalue weighted by Crippen LogP contribution is -2.35.